The lowest BCUT2D eigenvalue weighted by molar-refractivity contribution is 0.102. The van der Waals surface area contributed by atoms with Gasteiger partial charge in [0.1, 0.15) is 0 Å². The van der Waals surface area contributed by atoms with Crippen LogP contribution < -0.4 is 10.2 Å². The van der Waals surface area contributed by atoms with Gasteiger partial charge in [0.2, 0.25) is 5.95 Å². The zero-order valence-electron chi connectivity index (χ0n) is 16.1. The molecule has 1 N–H and O–H groups in total. The van der Waals surface area contributed by atoms with Crippen LogP contribution in [0.25, 0.3) is 0 Å². The standard InChI is InChI=1S/C21H28N4O/c1-15-8-7-11-25(14-15)20-22-12-16(13-23-20)19(26)24-18-10-6-5-9-17(18)21(2,3)4/h5-6,9-10,12-13,15H,7-8,11,14H2,1-4H3,(H,24,26). The minimum Gasteiger partial charge on any atom is -0.341 e. The van der Waals surface area contributed by atoms with Crippen molar-refractivity contribution in [2.75, 3.05) is 23.3 Å². The number of aromatic nitrogens is 2. The molecule has 1 aromatic heterocycles. The second-order valence-corrected chi connectivity index (χ2v) is 8.21. The summed E-state index contributed by atoms with van der Waals surface area (Å²) < 4.78 is 0. The number of nitrogens with one attached hydrogen (secondary N) is 1. The molecular weight excluding hydrogens is 324 g/mol. The van der Waals surface area contributed by atoms with Crippen LogP contribution >= 0.6 is 0 Å². The number of carbonyl (C=O) groups is 1. The van der Waals surface area contributed by atoms with Crippen LogP contribution in [0.2, 0.25) is 0 Å². The highest BCUT2D eigenvalue weighted by atomic mass is 16.1. The second kappa shape index (κ2) is 7.44. The maximum absolute atomic E-state index is 12.6. The summed E-state index contributed by atoms with van der Waals surface area (Å²) in [7, 11) is 0. The van der Waals surface area contributed by atoms with Crippen LogP contribution in [-0.4, -0.2) is 29.0 Å². The molecule has 138 valence electrons. The highest BCUT2D eigenvalue weighted by Gasteiger charge is 2.21. The second-order valence-electron chi connectivity index (χ2n) is 8.21. The van der Waals surface area contributed by atoms with Crippen molar-refractivity contribution in [2.24, 2.45) is 5.92 Å². The lowest BCUT2D eigenvalue weighted by Gasteiger charge is -2.30. The van der Waals surface area contributed by atoms with E-state index < -0.39 is 0 Å². The van der Waals surface area contributed by atoms with E-state index in [0.29, 0.717) is 17.4 Å². The summed E-state index contributed by atoms with van der Waals surface area (Å²) >= 11 is 0. The maximum atomic E-state index is 12.6. The van der Waals surface area contributed by atoms with E-state index in [4.69, 9.17) is 0 Å². The molecule has 5 nitrogen and oxygen atoms in total. The van der Waals surface area contributed by atoms with Crippen LogP contribution in [0.5, 0.6) is 0 Å². The molecule has 3 rings (SSSR count). The van der Waals surface area contributed by atoms with E-state index in [9.17, 15) is 4.79 Å². The van der Waals surface area contributed by atoms with Gasteiger partial charge in [-0.15, -0.1) is 0 Å². The van der Waals surface area contributed by atoms with Crippen LogP contribution in [0.15, 0.2) is 36.7 Å². The first-order chi connectivity index (χ1) is 12.3. The summed E-state index contributed by atoms with van der Waals surface area (Å²) in [6.07, 6.45) is 5.66. The first-order valence-electron chi connectivity index (χ1n) is 9.32. The van der Waals surface area contributed by atoms with Gasteiger partial charge in [-0.05, 0) is 35.8 Å². The molecule has 0 spiro atoms. The van der Waals surface area contributed by atoms with Crippen LogP contribution in [0.3, 0.4) is 0 Å². The summed E-state index contributed by atoms with van der Waals surface area (Å²) in [5.41, 5.74) is 2.37. The average molecular weight is 352 g/mol. The Morgan fingerprint density at radius 3 is 2.54 bits per heavy atom. The van der Waals surface area contributed by atoms with Crippen molar-refractivity contribution in [3.8, 4) is 0 Å². The number of piperidine rings is 1. The third kappa shape index (κ3) is 4.21. The van der Waals surface area contributed by atoms with E-state index in [1.165, 1.54) is 6.42 Å². The topological polar surface area (TPSA) is 58.1 Å². The van der Waals surface area contributed by atoms with Gasteiger partial charge in [0.15, 0.2) is 0 Å². The molecular formula is C21H28N4O. The predicted octanol–water partition coefficient (Wildman–Crippen LogP) is 4.26. The zero-order valence-corrected chi connectivity index (χ0v) is 16.1. The van der Waals surface area contributed by atoms with Crippen LogP contribution in [-0.2, 0) is 5.41 Å². The largest absolute Gasteiger partial charge is 0.341 e. The van der Waals surface area contributed by atoms with Gasteiger partial charge in [-0.25, -0.2) is 9.97 Å². The quantitative estimate of drug-likeness (QED) is 0.896. The Morgan fingerprint density at radius 1 is 1.19 bits per heavy atom. The van der Waals surface area contributed by atoms with Crippen molar-refractivity contribution < 1.29 is 4.79 Å². The van der Waals surface area contributed by atoms with Crippen LogP contribution in [0, 0.1) is 5.92 Å². The molecule has 1 saturated heterocycles. The van der Waals surface area contributed by atoms with Gasteiger partial charge in [-0.2, -0.15) is 0 Å². The number of hydrogen-bond donors (Lipinski definition) is 1. The van der Waals surface area contributed by atoms with Crippen LogP contribution in [0.4, 0.5) is 11.6 Å². The van der Waals surface area contributed by atoms with Gasteiger partial charge in [0, 0.05) is 31.2 Å². The van der Waals surface area contributed by atoms with E-state index in [0.717, 1.165) is 30.8 Å². The number of nitrogens with zero attached hydrogens (tertiary/aromatic N) is 3. The molecule has 2 aromatic rings. The third-order valence-electron chi connectivity index (χ3n) is 4.82. The van der Waals surface area contributed by atoms with Crippen molar-refractivity contribution in [1.82, 2.24) is 9.97 Å². The van der Waals surface area contributed by atoms with E-state index in [-0.39, 0.29) is 11.3 Å². The molecule has 1 amide bonds. The average Bonchev–Trinajstić information content (AvgIpc) is 2.61. The Labute approximate surface area is 155 Å². The van der Waals surface area contributed by atoms with E-state index in [1.54, 1.807) is 12.4 Å². The molecule has 0 saturated carbocycles. The van der Waals surface area contributed by atoms with Gasteiger partial charge in [-0.3, -0.25) is 4.79 Å². The van der Waals surface area contributed by atoms with Crippen molar-refractivity contribution in [1.29, 1.82) is 0 Å². The molecule has 1 aliphatic heterocycles. The molecule has 0 aliphatic carbocycles. The predicted molar refractivity (Wildman–Crippen MR) is 106 cm³/mol. The Kier molecular flexibility index (Phi) is 5.25. The maximum Gasteiger partial charge on any atom is 0.258 e. The molecule has 0 radical (unpaired) electrons. The molecule has 1 aromatic carbocycles. The summed E-state index contributed by atoms with van der Waals surface area (Å²) in [4.78, 5) is 23.7. The molecule has 1 fully saturated rings. The number of rotatable bonds is 3. The first-order valence-corrected chi connectivity index (χ1v) is 9.32. The number of anilines is 2. The number of para-hydroxylation sites is 1. The minimum absolute atomic E-state index is 0.0464. The Hall–Kier alpha value is -2.43. The number of carbonyl (C=O) groups excluding carboxylic acids is 1. The molecule has 1 unspecified atom stereocenters. The lowest BCUT2D eigenvalue weighted by Crippen LogP contribution is -2.35. The SMILES string of the molecule is CC1CCCN(c2ncc(C(=O)Nc3ccccc3C(C)(C)C)cn2)C1. The fraction of sp³-hybridized carbons (Fsp3) is 0.476. The molecule has 1 atom stereocenters. The number of amides is 1. The Balaban J connectivity index is 1.73. The van der Waals surface area contributed by atoms with Crippen molar-refractivity contribution in [2.45, 2.75) is 46.0 Å². The highest BCUT2D eigenvalue weighted by Crippen LogP contribution is 2.29. The van der Waals surface area contributed by atoms with Crippen molar-refractivity contribution in [3.05, 3.63) is 47.8 Å². The van der Waals surface area contributed by atoms with E-state index in [2.05, 4.69) is 47.9 Å². The normalized spacial score (nSPS) is 17.8. The van der Waals surface area contributed by atoms with Crippen molar-refractivity contribution >= 4 is 17.5 Å². The fourth-order valence-corrected chi connectivity index (χ4v) is 3.41. The molecule has 26 heavy (non-hydrogen) atoms. The monoisotopic (exact) mass is 352 g/mol. The molecule has 0 bridgehead atoms. The smallest absolute Gasteiger partial charge is 0.258 e. The summed E-state index contributed by atoms with van der Waals surface area (Å²) in [6.45, 7) is 10.6. The van der Waals surface area contributed by atoms with Gasteiger partial charge < -0.3 is 10.2 Å². The summed E-state index contributed by atoms with van der Waals surface area (Å²) in [5, 5.41) is 3.01. The number of benzene rings is 1. The Bertz CT molecular complexity index is 764. The van der Waals surface area contributed by atoms with Crippen molar-refractivity contribution in [3.63, 3.8) is 0 Å². The fourth-order valence-electron chi connectivity index (χ4n) is 3.41. The van der Waals surface area contributed by atoms with Gasteiger partial charge >= 0.3 is 0 Å². The van der Waals surface area contributed by atoms with Crippen LogP contribution in [0.1, 0.15) is 56.5 Å². The van der Waals surface area contributed by atoms with E-state index in [1.807, 2.05) is 24.3 Å². The lowest BCUT2D eigenvalue weighted by atomic mass is 9.86. The minimum atomic E-state index is -0.180. The molecule has 1 aliphatic rings. The third-order valence-corrected chi connectivity index (χ3v) is 4.82. The zero-order chi connectivity index (χ0) is 18.7. The van der Waals surface area contributed by atoms with Gasteiger partial charge in [-0.1, -0.05) is 45.9 Å². The van der Waals surface area contributed by atoms with Gasteiger partial charge in [0.25, 0.3) is 5.91 Å². The van der Waals surface area contributed by atoms with Gasteiger partial charge in [0.05, 0.1) is 5.56 Å². The number of hydrogen-bond acceptors (Lipinski definition) is 4. The summed E-state index contributed by atoms with van der Waals surface area (Å²) in [5.74, 6) is 1.19. The van der Waals surface area contributed by atoms with E-state index >= 15 is 0 Å². The molecule has 2 heterocycles. The highest BCUT2D eigenvalue weighted by molar-refractivity contribution is 6.04. The summed E-state index contributed by atoms with van der Waals surface area (Å²) in [6, 6.07) is 7.91. The molecule has 5 heteroatoms. The first kappa shape index (κ1) is 18.4. The Morgan fingerprint density at radius 2 is 1.88 bits per heavy atom.